The molecule has 96 valence electrons. The maximum atomic E-state index is 11.9. The fourth-order valence-electron chi connectivity index (χ4n) is 2.21. The molecule has 7 heteroatoms. The Morgan fingerprint density at radius 3 is 2.25 bits per heavy atom. The van der Waals surface area contributed by atoms with E-state index in [1.54, 1.807) is 4.31 Å². The van der Waals surface area contributed by atoms with Crippen LogP contribution in [0.5, 0.6) is 0 Å². The molecule has 1 aliphatic heterocycles. The van der Waals surface area contributed by atoms with Crippen LogP contribution in [0.2, 0.25) is 0 Å². The Hall–Kier alpha value is 0.120. The van der Waals surface area contributed by atoms with Crippen molar-refractivity contribution >= 4 is 22.6 Å². The average Bonchev–Trinajstić information content (AvgIpc) is 2.71. The highest BCUT2D eigenvalue weighted by Gasteiger charge is 2.27. The van der Waals surface area contributed by atoms with E-state index in [9.17, 15) is 8.42 Å². The lowest BCUT2D eigenvalue weighted by atomic mass is 10.3. The van der Waals surface area contributed by atoms with Crippen LogP contribution in [0, 0.1) is 0 Å². The minimum atomic E-state index is -3.22. The lowest BCUT2D eigenvalue weighted by Gasteiger charge is -2.28. The highest BCUT2D eigenvalue weighted by Crippen LogP contribution is 2.19. The number of nitrogens with zero attached hydrogens (tertiary/aromatic N) is 1. The summed E-state index contributed by atoms with van der Waals surface area (Å²) in [6, 6.07) is 0.171. The van der Waals surface area contributed by atoms with E-state index in [1.807, 2.05) is 0 Å². The topological polar surface area (TPSA) is 61.4 Å². The highest BCUT2D eigenvalue weighted by atomic mass is 35.5. The number of nitrogens with one attached hydrogen (secondary N) is 2. The van der Waals surface area contributed by atoms with Gasteiger partial charge in [0, 0.05) is 32.2 Å². The van der Waals surface area contributed by atoms with Crippen LogP contribution in [-0.2, 0) is 10.2 Å². The number of hydrogen-bond acceptors (Lipinski definition) is 3. The molecule has 0 aromatic carbocycles. The molecule has 2 N–H and O–H groups in total. The van der Waals surface area contributed by atoms with Gasteiger partial charge in [0.1, 0.15) is 0 Å². The Morgan fingerprint density at radius 1 is 1.12 bits per heavy atom. The van der Waals surface area contributed by atoms with E-state index in [-0.39, 0.29) is 18.4 Å². The Bertz CT molecular complexity index is 298. The lowest BCUT2D eigenvalue weighted by Crippen LogP contribution is -2.52. The van der Waals surface area contributed by atoms with Gasteiger partial charge in [0.05, 0.1) is 0 Å². The molecule has 2 aliphatic rings. The normalized spacial score (nSPS) is 24.2. The van der Waals surface area contributed by atoms with Gasteiger partial charge in [-0.2, -0.15) is 17.4 Å². The van der Waals surface area contributed by atoms with Crippen molar-refractivity contribution in [3.63, 3.8) is 0 Å². The van der Waals surface area contributed by atoms with Crippen LogP contribution in [0.3, 0.4) is 0 Å². The second-order valence-corrected chi connectivity index (χ2v) is 5.96. The molecule has 2 fully saturated rings. The predicted molar refractivity (Wildman–Crippen MR) is 66.0 cm³/mol. The Morgan fingerprint density at radius 2 is 1.69 bits per heavy atom. The zero-order valence-corrected chi connectivity index (χ0v) is 10.9. The third kappa shape index (κ3) is 3.56. The summed E-state index contributed by atoms with van der Waals surface area (Å²) in [6.07, 6.45) is 4.28. The molecule has 0 unspecified atom stereocenters. The summed E-state index contributed by atoms with van der Waals surface area (Å²) in [5.74, 6) is 0. The molecule has 0 radical (unpaired) electrons. The van der Waals surface area contributed by atoms with Gasteiger partial charge in [0.25, 0.3) is 10.2 Å². The van der Waals surface area contributed by atoms with Crippen LogP contribution in [-0.4, -0.2) is 44.9 Å². The monoisotopic (exact) mass is 269 g/mol. The van der Waals surface area contributed by atoms with Crippen molar-refractivity contribution in [3.8, 4) is 0 Å². The van der Waals surface area contributed by atoms with E-state index >= 15 is 0 Å². The van der Waals surface area contributed by atoms with Gasteiger partial charge < -0.3 is 5.32 Å². The molecule has 0 aromatic heterocycles. The fraction of sp³-hybridized carbons (Fsp3) is 1.00. The second kappa shape index (κ2) is 6.16. The first-order valence-electron chi connectivity index (χ1n) is 5.66. The molecule has 0 spiro atoms. The van der Waals surface area contributed by atoms with Crippen LogP contribution in [0.4, 0.5) is 0 Å². The molecule has 1 saturated heterocycles. The number of hydrogen-bond donors (Lipinski definition) is 2. The Labute approximate surface area is 104 Å². The molecule has 1 saturated carbocycles. The molecule has 1 heterocycles. The van der Waals surface area contributed by atoms with Crippen molar-refractivity contribution < 1.29 is 8.42 Å². The maximum absolute atomic E-state index is 11.9. The van der Waals surface area contributed by atoms with E-state index < -0.39 is 10.2 Å². The molecule has 0 atom stereocenters. The third-order valence-corrected chi connectivity index (χ3v) is 4.76. The summed E-state index contributed by atoms with van der Waals surface area (Å²) in [7, 11) is -3.22. The third-order valence-electron chi connectivity index (χ3n) is 3.09. The Balaban J connectivity index is 0.00000128. The summed E-state index contributed by atoms with van der Waals surface area (Å²) >= 11 is 0. The van der Waals surface area contributed by atoms with Gasteiger partial charge in [0.2, 0.25) is 0 Å². The van der Waals surface area contributed by atoms with Gasteiger partial charge in [-0.25, -0.2) is 0 Å². The SMILES string of the molecule is Cl.O=S(=O)(NC1CCCC1)N1CCNCC1. The van der Waals surface area contributed by atoms with Crippen molar-refractivity contribution in [2.45, 2.75) is 31.7 Å². The number of piperazine rings is 1. The second-order valence-electron chi connectivity index (χ2n) is 4.25. The predicted octanol–water partition coefficient (Wildman–Crippen LogP) is 0.0904. The average molecular weight is 270 g/mol. The number of halogens is 1. The maximum Gasteiger partial charge on any atom is 0.279 e. The van der Waals surface area contributed by atoms with Crippen LogP contribution in [0.25, 0.3) is 0 Å². The molecule has 0 amide bonds. The molecule has 5 nitrogen and oxygen atoms in total. The van der Waals surface area contributed by atoms with E-state index in [4.69, 9.17) is 0 Å². The highest BCUT2D eigenvalue weighted by molar-refractivity contribution is 7.87. The van der Waals surface area contributed by atoms with Crippen LogP contribution >= 0.6 is 12.4 Å². The summed E-state index contributed by atoms with van der Waals surface area (Å²) < 4.78 is 28.2. The standard InChI is InChI=1S/C9H19N3O2S.ClH/c13-15(14,11-9-3-1-2-4-9)12-7-5-10-6-8-12;/h9-11H,1-8H2;1H. The molecule has 16 heavy (non-hydrogen) atoms. The first kappa shape index (κ1) is 14.2. The van der Waals surface area contributed by atoms with E-state index in [1.165, 1.54) is 0 Å². The van der Waals surface area contributed by atoms with Crippen molar-refractivity contribution in [2.24, 2.45) is 0 Å². The molecule has 0 bridgehead atoms. The minimum Gasteiger partial charge on any atom is -0.314 e. The van der Waals surface area contributed by atoms with Crippen molar-refractivity contribution in [3.05, 3.63) is 0 Å². The van der Waals surface area contributed by atoms with E-state index in [0.717, 1.165) is 38.8 Å². The zero-order chi connectivity index (χ0) is 10.7. The molecular formula is C9H20ClN3O2S. The van der Waals surface area contributed by atoms with E-state index in [2.05, 4.69) is 10.0 Å². The Kier molecular flexibility index (Phi) is 5.46. The fourth-order valence-corrected chi connectivity index (χ4v) is 3.68. The summed E-state index contributed by atoms with van der Waals surface area (Å²) in [5, 5.41) is 3.15. The van der Waals surface area contributed by atoms with E-state index in [0.29, 0.717) is 13.1 Å². The van der Waals surface area contributed by atoms with Gasteiger partial charge in [-0.1, -0.05) is 12.8 Å². The van der Waals surface area contributed by atoms with Crippen molar-refractivity contribution in [2.75, 3.05) is 26.2 Å². The first-order valence-corrected chi connectivity index (χ1v) is 7.10. The van der Waals surface area contributed by atoms with Crippen LogP contribution in [0.15, 0.2) is 0 Å². The molecule has 2 rings (SSSR count). The number of rotatable bonds is 3. The smallest absolute Gasteiger partial charge is 0.279 e. The van der Waals surface area contributed by atoms with Crippen molar-refractivity contribution in [1.82, 2.24) is 14.3 Å². The molecule has 1 aliphatic carbocycles. The minimum absolute atomic E-state index is 0. The zero-order valence-electron chi connectivity index (χ0n) is 9.31. The van der Waals surface area contributed by atoms with Crippen LogP contribution in [0.1, 0.15) is 25.7 Å². The van der Waals surface area contributed by atoms with Gasteiger partial charge in [-0.05, 0) is 12.8 Å². The summed E-state index contributed by atoms with van der Waals surface area (Å²) in [5.41, 5.74) is 0. The van der Waals surface area contributed by atoms with Crippen LogP contribution < -0.4 is 10.0 Å². The van der Waals surface area contributed by atoms with Gasteiger partial charge in [-0.3, -0.25) is 0 Å². The van der Waals surface area contributed by atoms with Gasteiger partial charge in [0.15, 0.2) is 0 Å². The lowest BCUT2D eigenvalue weighted by molar-refractivity contribution is 0.351. The summed E-state index contributed by atoms with van der Waals surface area (Å²) in [6.45, 7) is 2.68. The van der Waals surface area contributed by atoms with Gasteiger partial charge in [-0.15, -0.1) is 12.4 Å². The van der Waals surface area contributed by atoms with Gasteiger partial charge >= 0.3 is 0 Å². The summed E-state index contributed by atoms with van der Waals surface area (Å²) in [4.78, 5) is 0. The quantitative estimate of drug-likeness (QED) is 0.764. The van der Waals surface area contributed by atoms with Crippen molar-refractivity contribution in [1.29, 1.82) is 0 Å². The molecule has 0 aromatic rings. The molecular weight excluding hydrogens is 250 g/mol. The largest absolute Gasteiger partial charge is 0.314 e. The first-order chi connectivity index (χ1) is 7.18.